The van der Waals surface area contributed by atoms with Gasteiger partial charge in [-0.1, -0.05) is 17.4 Å². The Morgan fingerprint density at radius 3 is 3.05 bits per heavy atom. The third-order valence-corrected chi connectivity index (χ3v) is 4.20. The fourth-order valence-electron chi connectivity index (χ4n) is 2.01. The van der Waals surface area contributed by atoms with E-state index in [2.05, 4.69) is 15.2 Å². The number of pyridine rings is 1. The number of aromatic nitrogens is 3. The van der Waals surface area contributed by atoms with Gasteiger partial charge in [-0.2, -0.15) is 0 Å². The van der Waals surface area contributed by atoms with Crippen molar-refractivity contribution in [2.45, 2.75) is 18.9 Å². The molecule has 0 aromatic carbocycles. The highest BCUT2D eigenvalue weighted by molar-refractivity contribution is 7.15. The van der Waals surface area contributed by atoms with Gasteiger partial charge in [-0.3, -0.25) is 14.7 Å². The zero-order valence-corrected chi connectivity index (χ0v) is 11.8. The smallest absolute Gasteiger partial charge is 0.278 e. The number of carbonyl (C=O) groups excluding carboxylic acids is 1. The lowest BCUT2D eigenvalue weighted by molar-refractivity contribution is 0.0988. The molecule has 0 radical (unpaired) electrons. The molecule has 6 nitrogen and oxygen atoms in total. The Balaban J connectivity index is 1.77. The number of rotatable bonds is 3. The van der Waals surface area contributed by atoms with Crippen molar-refractivity contribution in [3.8, 4) is 0 Å². The van der Waals surface area contributed by atoms with E-state index < -0.39 is 0 Å². The van der Waals surface area contributed by atoms with Crippen molar-refractivity contribution in [1.29, 1.82) is 0 Å². The minimum atomic E-state index is -0.194. The van der Waals surface area contributed by atoms with Crippen molar-refractivity contribution in [3.63, 3.8) is 0 Å². The minimum absolute atomic E-state index is 0.0274. The van der Waals surface area contributed by atoms with Crippen LogP contribution in [-0.4, -0.2) is 34.7 Å². The second-order valence-corrected chi connectivity index (χ2v) is 5.49. The largest absolute Gasteiger partial charge is 0.371 e. The molecule has 0 saturated carbocycles. The fraction of sp³-hybridized carbons (Fsp3) is 0.385. The average Bonchev–Trinajstić information content (AvgIpc) is 3.17. The topological polar surface area (TPSA) is 68.2 Å². The molecule has 2 aromatic heterocycles. The predicted molar refractivity (Wildman–Crippen MR) is 74.8 cm³/mol. The van der Waals surface area contributed by atoms with Gasteiger partial charge in [-0.25, -0.2) is 0 Å². The van der Waals surface area contributed by atoms with Gasteiger partial charge >= 0.3 is 0 Å². The Morgan fingerprint density at radius 1 is 1.45 bits per heavy atom. The standard InChI is InChI=1S/C13H14N4O2S/c1-17(12(18)9-5-2-3-7-14-9)13-16-15-11(20-13)10-6-4-8-19-10/h2-3,5,7,10H,4,6,8H2,1H3. The maximum absolute atomic E-state index is 12.2. The fourth-order valence-corrected chi connectivity index (χ4v) is 2.90. The zero-order chi connectivity index (χ0) is 13.9. The van der Waals surface area contributed by atoms with Crippen LogP contribution < -0.4 is 4.90 Å². The van der Waals surface area contributed by atoms with E-state index in [0.717, 1.165) is 24.5 Å². The summed E-state index contributed by atoms with van der Waals surface area (Å²) < 4.78 is 5.57. The van der Waals surface area contributed by atoms with Crippen LogP contribution in [0.4, 0.5) is 5.13 Å². The summed E-state index contributed by atoms with van der Waals surface area (Å²) in [4.78, 5) is 17.8. The van der Waals surface area contributed by atoms with Gasteiger partial charge in [0.2, 0.25) is 5.13 Å². The molecule has 1 atom stereocenters. The van der Waals surface area contributed by atoms with Crippen LogP contribution in [0.1, 0.15) is 34.4 Å². The number of hydrogen-bond acceptors (Lipinski definition) is 6. The van der Waals surface area contributed by atoms with Gasteiger partial charge in [0.1, 0.15) is 16.8 Å². The minimum Gasteiger partial charge on any atom is -0.371 e. The first kappa shape index (κ1) is 13.1. The quantitative estimate of drug-likeness (QED) is 0.865. The Labute approximate surface area is 120 Å². The molecule has 0 aliphatic carbocycles. The Bertz CT molecular complexity index is 595. The third-order valence-electron chi connectivity index (χ3n) is 3.11. The number of carbonyl (C=O) groups is 1. The summed E-state index contributed by atoms with van der Waals surface area (Å²) >= 11 is 1.39. The number of ether oxygens (including phenoxy) is 1. The van der Waals surface area contributed by atoms with E-state index in [1.54, 1.807) is 31.4 Å². The second-order valence-electron chi connectivity index (χ2n) is 4.50. The first-order valence-corrected chi connectivity index (χ1v) is 7.21. The third kappa shape index (κ3) is 2.54. The van der Waals surface area contributed by atoms with Crippen LogP contribution in [0.2, 0.25) is 0 Å². The summed E-state index contributed by atoms with van der Waals surface area (Å²) in [6.07, 6.45) is 3.63. The van der Waals surface area contributed by atoms with Crippen LogP contribution in [0, 0.1) is 0 Å². The van der Waals surface area contributed by atoms with Crippen molar-refractivity contribution in [3.05, 3.63) is 35.1 Å². The highest BCUT2D eigenvalue weighted by Gasteiger charge is 2.24. The molecule has 1 unspecified atom stereocenters. The first-order valence-electron chi connectivity index (χ1n) is 6.40. The summed E-state index contributed by atoms with van der Waals surface area (Å²) in [6, 6.07) is 5.24. The number of amides is 1. The van der Waals surface area contributed by atoms with E-state index in [-0.39, 0.29) is 12.0 Å². The molecule has 1 aliphatic heterocycles. The Hall–Kier alpha value is -1.86. The molecule has 104 valence electrons. The molecule has 1 saturated heterocycles. The Morgan fingerprint density at radius 2 is 2.35 bits per heavy atom. The van der Waals surface area contributed by atoms with E-state index >= 15 is 0 Å². The van der Waals surface area contributed by atoms with Crippen molar-refractivity contribution in [2.24, 2.45) is 0 Å². The summed E-state index contributed by atoms with van der Waals surface area (Å²) in [7, 11) is 1.68. The Kier molecular flexibility index (Phi) is 3.70. The highest BCUT2D eigenvalue weighted by atomic mass is 32.1. The lowest BCUT2D eigenvalue weighted by Crippen LogP contribution is -2.26. The molecule has 1 aliphatic rings. The SMILES string of the molecule is CN(C(=O)c1ccccn1)c1nnc(C2CCCO2)s1. The van der Waals surface area contributed by atoms with Crippen LogP contribution in [0.15, 0.2) is 24.4 Å². The summed E-state index contributed by atoms with van der Waals surface area (Å²) in [6.45, 7) is 0.766. The van der Waals surface area contributed by atoms with Crippen molar-refractivity contribution < 1.29 is 9.53 Å². The van der Waals surface area contributed by atoms with Crippen LogP contribution in [0.5, 0.6) is 0 Å². The van der Waals surface area contributed by atoms with Gasteiger partial charge < -0.3 is 4.74 Å². The maximum atomic E-state index is 12.2. The monoisotopic (exact) mass is 290 g/mol. The molecule has 20 heavy (non-hydrogen) atoms. The van der Waals surface area contributed by atoms with Crippen LogP contribution in [0.3, 0.4) is 0 Å². The van der Waals surface area contributed by atoms with Gasteiger partial charge in [0.15, 0.2) is 0 Å². The molecular weight excluding hydrogens is 276 g/mol. The van der Waals surface area contributed by atoms with Gasteiger partial charge in [0, 0.05) is 19.9 Å². The summed E-state index contributed by atoms with van der Waals surface area (Å²) in [5.74, 6) is -0.194. The summed E-state index contributed by atoms with van der Waals surface area (Å²) in [5, 5.41) is 9.59. The number of hydrogen-bond donors (Lipinski definition) is 0. The van der Waals surface area contributed by atoms with Crippen molar-refractivity contribution in [1.82, 2.24) is 15.2 Å². The number of nitrogens with zero attached hydrogens (tertiary/aromatic N) is 4. The van der Waals surface area contributed by atoms with Gasteiger partial charge in [0.25, 0.3) is 5.91 Å². The van der Waals surface area contributed by atoms with Crippen LogP contribution in [0.25, 0.3) is 0 Å². The molecule has 1 amide bonds. The normalized spacial score (nSPS) is 18.1. The van der Waals surface area contributed by atoms with Gasteiger partial charge in [-0.05, 0) is 25.0 Å². The molecular formula is C13H14N4O2S. The van der Waals surface area contributed by atoms with Crippen molar-refractivity contribution >= 4 is 22.4 Å². The molecule has 0 N–H and O–H groups in total. The van der Waals surface area contributed by atoms with Crippen LogP contribution >= 0.6 is 11.3 Å². The van der Waals surface area contributed by atoms with E-state index in [1.165, 1.54) is 16.2 Å². The van der Waals surface area contributed by atoms with Crippen molar-refractivity contribution in [2.75, 3.05) is 18.6 Å². The zero-order valence-electron chi connectivity index (χ0n) is 11.0. The molecule has 3 heterocycles. The lowest BCUT2D eigenvalue weighted by Gasteiger charge is -2.12. The van der Waals surface area contributed by atoms with E-state index in [0.29, 0.717) is 10.8 Å². The average molecular weight is 290 g/mol. The molecule has 3 rings (SSSR count). The summed E-state index contributed by atoms with van der Waals surface area (Å²) in [5.41, 5.74) is 0.392. The molecule has 7 heteroatoms. The predicted octanol–water partition coefficient (Wildman–Crippen LogP) is 2.06. The maximum Gasteiger partial charge on any atom is 0.278 e. The van der Waals surface area contributed by atoms with Gasteiger partial charge in [0.05, 0.1) is 0 Å². The van der Waals surface area contributed by atoms with E-state index in [1.807, 2.05) is 0 Å². The molecule has 0 spiro atoms. The van der Waals surface area contributed by atoms with Gasteiger partial charge in [-0.15, -0.1) is 10.2 Å². The molecule has 0 bridgehead atoms. The first-order chi connectivity index (χ1) is 9.75. The lowest BCUT2D eigenvalue weighted by atomic mass is 10.2. The van der Waals surface area contributed by atoms with E-state index in [4.69, 9.17) is 4.74 Å². The highest BCUT2D eigenvalue weighted by Crippen LogP contribution is 2.33. The van der Waals surface area contributed by atoms with E-state index in [9.17, 15) is 4.79 Å². The second kappa shape index (κ2) is 5.64. The molecule has 2 aromatic rings. The number of anilines is 1. The van der Waals surface area contributed by atoms with Crippen LogP contribution in [-0.2, 0) is 4.74 Å². The molecule has 1 fully saturated rings.